The molecule has 1 aliphatic heterocycles. The molecular formula is C18H18FN3O2. The average molecular weight is 327 g/mol. The number of hydrogen-bond donors (Lipinski definition) is 1. The van der Waals surface area contributed by atoms with Crippen LogP contribution in [0.15, 0.2) is 42.7 Å². The van der Waals surface area contributed by atoms with Crippen LogP contribution in [0.3, 0.4) is 0 Å². The van der Waals surface area contributed by atoms with Crippen molar-refractivity contribution < 1.29 is 14.0 Å². The summed E-state index contributed by atoms with van der Waals surface area (Å²) in [7, 11) is 0. The second-order valence-electron chi connectivity index (χ2n) is 5.88. The predicted octanol–water partition coefficient (Wildman–Crippen LogP) is 2.20. The first kappa shape index (κ1) is 16.1. The van der Waals surface area contributed by atoms with Crippen LogP contribution < -0.4 is 10.2 Å². The lowest BCUT2D eigenvalue weighted by Crippen LogP contribution is -2.33. The SMILES string of the molecule is Cc1cnccc1CNC(=O)[C@H]1CC(=O)N(c2ccccc2F)C1. The van der Waals surface area contributed by atoms with Crippen LogP contribution in [0.5, 0.6) is 0 Å². The van der Waals surface area contributed by atoms with Gasteiger partial charge in [-0.15, -0.1) is 0 Å². The number of benzene rings is 1. The minimum Gasteiger partial charge on any atom is -0.352 e. The Morgan fingerprint density at radius 3 is 2.92 bits per heavy atom. The molecule has 1 aliphatic rings. The highest BCUT2D eigenvalue weighted by Gasteiger charge is 2.35. The number of halogens is 1. The van der Waals surface area contributed by atoms with E-state index in [0.29, 0.717) is 6.54 Å². The molecule has 1 N–H and O–H groups in total. The van der Waals surface area contributed by atoms with E-state index in [2.05, 4.69) is 10.3 Å². The number of carbonyl (C=O) groups excluding carboxylic acids is 2. The maximum Gasteiger partial charge on any atom is 0.227 e. The molecule has 0 aliphatic carbocycles. The van der Waals surface area contributed by atoms with E-state index in [1.807, 2.05) is 13.0 Å². The second-order valence-corrected chi connectivity index (χ2v) is 5.88. The van der Waals surface area contributed by atoms with Crippen LogP contribution in [0.2, 0.25) is 0 Å². The summed E-state index contributed by atoms with van der Waals surface area (Å²) in [5.41, 5.74) is 2.20. The first-order chi connectivity index (χ1) is 11.6. The van der Waals surface area contributed by atoms with Crippen LogP contribution in [-0.4, -0.2) is 23.3 Å². The standard InChI is InChI=1S/C18H18FN3O2/c1-12-9-20-7-6-13(12)10-21-18(24)14-8-17(23)22(11-14)16-5-3-2-4-15(16)19/h2-7,9,14H,8,10-11H2,1H3,(H,21,24)/t14-/m0/s1. The summed E-state index contributed by atoms with van der Waals surface area (Å²) in [6.07, 6.45) is 3.50. The van der Waals surface area contributed by atoms with Gasteiger partial charge >= 0.3 is 0 Å². The van der Waals surface area contributed by atoms with Crippen molar-refractivity contribution in [2.24, 2.45) is 5.92 Å². The van der Waals surface area contributed by atoms with Gasteiger partial charge in [-0.05, 0) is 36.2 Å². The van der Waals surface area contributed by atoms with Crippen molar-refractivity contribution in [1.29, 1.82) is 0 Å². The summed E-state index contributed by atoms with van der Waals surface area (Å²) in [5, 5.41) is 2.85. The Hall–Kier alpha value is -2.76. The molecule has 2 aromatic rings. The van der Waals surface area contributed by atoms with Gasteiger partial charge in [0.2, 0.25) is 11.8 Å². The Balaban J connectivity index is 1.64. The molecule has 0 spiro atoms. The molecule has 124 valence electrons. The number of nitrogens with one attached hydrogen (secondary N) is 1. The average Bonchev–Trinajstić information content (AvgIpc) is 2.96. The maximum atomic E-state index is 13.9. The van der Waals surface area contributed by atoms with Crippen LogP contribution in [0.4, 0.5) is 10.1 Å². The zero-order chi connectivity index (χ0) is 17.1. The van der Waals surface area contributed by atoms with Crippen molar-refractivity contribution in [3.8, 4) is 0 Å². The number of amides is 2. The summed E-state index contributed by atoms with van der Waals surface area (Å²) in [5.74, 6) is -1.36. The summed E-state index contributed by atoms with van der Waals surface area (Å²) >= 11 is 0. The Morgan fingerprint density at radius 1 is 1.38 bits per heavy atom. The highest BCUT2D eigenvalue weighted by atomic mass is 19.1. The smallest absolute Gasteiger partial charge is 0.227 e. The van der Waals surface area contributed by atoms with Crippen molar-refractivity contribution in [3.05, 3.63) is 59.7 Å². The van der Waals surface area contributed by atoms with Gasteiger partial charge in [0, 0.05) is 31.9 Å². The second kappa shape index (κ2) is 6.78. The van der Waals surface area contributed by atoms with Gasteiger partial charge in [-0.3, -0.25) is 14.6 Å². The van der Waals surface area contributed by atoms with E-state index in [0.717, 1.165) is 11.1 Å². The number of carbonyl (C=O) groups is 2. The fourth-order valence-corrected chi connectivity index (χ4v) is 2.81. The Kier molecular flexibility index (Phi) is 4.55. The first-order valence-electron chi connectivity index (χ1n) is 7.78. The molecule has 3 rings (SSSR count). The van der Waals surface area contributed by atoms with E-state index < -0.39 is 11.7 Å². The fraction of sp³-hybridized carbons (Fsp3) is 0.278. The highest BCUT2D eigenvalue weighted by molar-refractivity contribution is 6.00. The van der Waals surface area contributed by atoms with Crippen LogP contribution >= 0.6 is 0 Å². The van der Waals surface area contributed by atoms with Crippen LogP contribution in [-0.2, 0) is 16.1 Å². The first-order valence-corrected chi connectivity index (χ1v) is 7.78. The molecule has 1 saturated heterocycles. The lowest BCUT2D eigenvalue weighted by molar-refractivity contribution is -0.126. The van der Waals surface area contributed by atoms with E-state index in [4.69, 9.17) is 0 Å². The number of aryl methyl sites for hydroxylation is 1. The summed E-state index contributed by atoms with van der Waals surface area (Å²) in [6, 6.07) is 7.95. The monoisotopic (exact) mass is 327 g/mol. The van der Waals surface area contributed by atoms with Gasteiger partial charge in [0.15, 0.2) is 0 Å². The van der Waals surface area contributed by atoms with Crippen LogP contribution in [0.25, 0.3) is 0 Å². The van der Waals surface area contributed by atoms with Crippen molar-refractivity contribution in [3.63, 3.8) is 0 Å². The lowest BCUT2D eigenvalue weighted by Gasteiger charge is -2.17. The molecule has 0 saturated carbocycles. The van der Waals surface area contributed by atoms with Gasteiger partial charge < -0.3 is 10.2 Å². The van der Waals surface area contributed by atoms with Crippen LogP contribution in [0.1, 0.15) is 17.5 Å². The molecule has 24 heavy (non-hydrogen) atoms. The molecular weight excluding hydrogens is 309 g/mol. The van der Waals surface area contributed by atoms with Gasteiger partial charge in [-0.1, -0.05) is 12.1 Å². The highest BCUT2D eigenvalue weighted by Crippen LogP contribution is 2.27. The molecule has 1 aromatic carbocycles. The molecule has 6 heteroatoms. The minimum absolute atomic E-state index is 0.0928. The molecule has 2 heterocycles. The van der Waals surface area contributed by atoms with E-state index in [9.17, 15) is 14.0 Å². The lowest BCUT2D eigenvalue weighted by atomic mass is 10.1. The fourth-order valence-electron chi connectivity index (χ4n) is 2.81. The molecule has 1 atom stereocenters. The Labute approximate surface area is 139 Å². The van der Waals surface area contributed by atoms with E-state index in [1.54, 1.807) is 30.6 Å². The van der Waals surface area contributed by atoms with Crippen molar-refractivity contribution >= 4 is 17.5 Å². The number of para-hydroxylation sites is 1. The largest absolute Gasteiger partial charge is 0.352 e. The summed E-state index contributed by atoms with van der Waals surface area (Å²) < 4.78 is 13.9. The minimum atomic E-state index is -0.473. The normalized spacial score (nSPS) is 17.2. The quantitative estimate of drug-likeness (QED) is 0.936. The molecule has 0 unspecified atom stereocenters. The molecule has 1 aromatic heterocycles. The third-order valence-electron chi connectivity index (χ3n) is 4.23. The van der Waals surface area contributed by atoms with Crippen molar-refractivity contribution in [2.75, 3.05) is 11.4 Å². The number of hydrogen-bond acceptors (Lipinski definition) is 3. The van der Waals surface area contributed by atoms with E-state index >= 15 is 0 Å². The molecule has 1 fully saturated rings. The molecule has 0 bridgehead atoms. The number of anilines is 1. The zero-order valence-corrected chi connectivity index (χ0v) is 13.3. The third kappa shape index (κ3) is 3.27. The molecule has 5 nitrogen and oxygen atoms in total. The Bertz CT molecular complexity index is 778. The summed E-state index contributed by atoms with van der Waals surface area (Å²) in [4.78, 5) is 29.8. The summed E-state index contributed by atoms with van der Waals surface area (Å²) in [6.45, 7) is 2.51. The predicted molar refractivity (Wildman–Crippen MR) is 87.7 cm³/mol. The maximum absolute atomic E-state index is 13.9. The van der Waals surface area contributed by atoms with E-state index in [-0.39, 0.29) is 30.5 Å². The van der Waals surface area contributed by atoms with Crippen molar-refractivity contribution in [2.45, 2.75) is 19.9 Å². The topological polar surface area (TPSA) is 62.3 Å². The van der Waals surface area contributed by atoms with Gasteiger partial charge in [-0.25, -0.2) is 4.39 Å². The number of nitrogens with zero attached hydrogens (tertiary/aromatic N) is 2. The van der Waals surface area contributed by atoms with Crippen molar-refractivity contribution in [1.82, 2.24) is 10.3 Å². The number of aromatic nitrogens is 1. The van der Waals surface area contributed by atoms with Gasteiger partial charge in [0.25, 0.3) is 0 Å². The molecule has 2 amide bonds. The zero-order valence-electron chi connectivity index (χ0n) is 13.3. The van der Waals surface area contributed by atoms with Crippen LogP contribution in [0, 0.1) is 18.7 Å². The van der Waals surface area contributed by atoms with Gasteiger partial charge in [-0.2, -0.15) is 0 Å². The Morgan fingerprint density at radius 2 is 2.17 bits per heavy atom. The number of rotatable bonds is 4. The van der Waals surface area contributed by atoms with Gasteiger partial charge in [0.1, 0.15) is 5.82 Å². The van der Waals surface area contributed by atoms with E-state index in [1.165, 1.54) is 11.0 Å². The molecule has 0 radical (unpaired) electrons. The number of pyridine rings is 1. The van der Waals surface area contributed by atoms with Gasteiger partial charge in [0.05, 0.1) is 11.6 Å². The third-order valence-corrected chi connectivity index (χ3v) is 4.23.